The van der Waals surface area contributed by atoms with E-state index < -0.39 is 0 Å². The summed E-state index contributed by atoms with van der Waals surface area (Å²) in [6.07, 6.45) is 3.60. The molecule has 0 bridgehead atoms. The van der Waals surface area contributed by atoms with Gasteiger partial charge in [-0.05, 0) is 29.9 Å². The molecule has 1 fully saturated rings. The van der Waals surface area contributed by atoms with E-state index in [9.17, 15) is 0 Å². The van der Waals surface area contributed by atoms with Gasteiger partial charge in [-0.1, -0.05) is 27.7 Å². The Bertz CT molecular complexity index is 323. The van der Waals surface area contributed by atoms with Gasteiger partial charge in [-0.3, -0.25) is 0 Å². The van der Waals surface area contributed by atoms with Crippen LogP contribution in [-0.4, -0.2) is 7.05 Å². The van der Waals surface area contributed by atoms with E-state index in [0.29, 0.717) is 22.8 Å². The number of rotatable bonds is 3. The van der Waals surface area contributed by atoms with Crippen molar-refractivity contribution in [1.29, 1.82) is 0 Å². The van der Waals surface area contributed by atoms with Gasteiger partial charge in [0.1, 0.15) is 0 Å². The number of hydrogen-bond donors (Lipinski definition) is 1. The normalized spacial score (nSPS) is 25.1. The molecule has 1 aliphatic carbocycles. The van der Waals surface area contributed by atoms with Gasteiger partial charge in [0, 0.05) is 11.6 Å². The van der Waals surface area contributed by atoms with Crippen molar-refractivity contribution in [3.8, 4) is 0 Å². The summed E-state index contributed by atoms with van der Waals surface area (Å²) in [7, 11) is 2.03. The maximum absolute atomic E-state index is 5.17. The molecule has 0 saturated heterocycles. The van der Waals surface area contributed by atoms with Crippen molar-refractivity contribution in [2.45, 2.75) is 33.7 Å². The Labute approximate surface area is 92.1 Å². The van der Waals surface area contributed by atoms with Gasteiger partial charge >= 0.3 is 0 Å². The molecule has 0 spiro atoms. The summed E-state index contributed by atoms with van der Waals surface area (Å²) in [6, 6.07) is 2.47. The van der Waals surface area contributed by atoms with Crippen LogP contribution in [0.4, 0.5) is 0 Å². The van der Waals surface area contributed by atoms with E-state index in [4.69, 9.17) is 4.42 Å². The summed E-state index contributed by atoms with van der Waals surface area (Å²) in [5.74, 6) is 0.674. The maximum Gasteiger partial charge on any atom is 0.0950 e. The Balaban J connectivity index is 2.25. The van der Waals surface area contributed by atoms with Crippen LogP contribution < -0.4 is 5.32 Å². The molecule has 2 heteroatoms. The summed E-state index contributed by atoms with van der Waals surface area (Å²) in [6.45, 7) is 9.40. The van der Waals surface area contributed by atoms with E-state index in [1.165, 1.54) is 5.56 Å². The lowest BCUT2D eigenvalue weighted by atomic mass is 9.99. The molecule has 1 N–H and O–H groups in total. The average Bonchev–Trinajstić information content (AvgIpc) is 2.63. The summed E-state index contributed by atoms with van der Waals surface area (Å²) >= 11 is 0. The number of hydrogen-bond acceptors (Lipinski definition) is 2. The quantitative estimate of drug-likeness (QED) is 0.823. The molecule has 0 amide bonds. The van der Waals surface area contributed by atoms with E-state index in [1.807, 2.05) is 13.3 Å². The predicted octanol–water partition coefficient (Wildman–Crippen LogP) is 3.22. The first-order chi connectivity index (χ1) is 6.93. The van der Waals surface area contributed by atoms with E-state index in [-0.39, 0.29) is 0 Å². The highest BCUT2D eigenvalue weighted by Crippen LogP contribution is 2.72. The van der Waals surface area contributed by atoms with Crippen molar-refractivity contribution in [2.24, 2.45) is 16.7 Å². The predicted molar refractivity (Wildman–Crippen MR) is 61.6 cm³/mol. The highest BCUT2D eigenvalue weighted by molar-refractivity contribution is 5.24. The Hall–Kier alpha value is -0.760. The molecule has 2 nitrogen and oxygen atoms in total. The van der Waals surface area contributed by atoms with Crippen LogP contribution in [0.25, 0.3) is 0 Å². The summed E-state index contributed by atoms with van der Waals surface area (Å²) in [4.78, 5) is 0. The van der Waals surface area contributed by atoms with E-state index >= 15 is 0 Å². The molecule has 1 heterocycles. The molecule has 15 heavy (non-hydrogen) atoms. The van der Waals surface area contributed by atoms with Crippen LogP contribution in [0.5, 0.6) is 0 Å². The average molecular weight is 207 g/mol. The Morgan fingerprint density at radius 1 is 1.27 bits per heavy atom. The smallest absolute Gasteiger partial charge is 0.0950 e. The molecule has 1 atom stereocenters. The first-order valence-corrected chi connectivity index (χ1v) is 5.62. The number of nitrogens with one attached hydrogen (secondary N) is 1. The fraction of sp³-hybridized carbons (Fsp3) is 0.692. The van der Waals surface area contributed by atoms with Crippen LogP contribution in [0.3, 0.4) is 0 Å². The summed E-state index contributed by atoms with van der Waals surface area (Å²) in [5.41, 5.74) is 2.07. The fourth-order valence-corrected chi connectivity index (χ4v) is 3.06. The minimum Gasteiger partial charge on any atom is -0.472 e. The van der Waals surface area contributed by atoms with E-state index in [1.54, 1.807) is 6.26 Å². The minimum atomic E-state index is 0.401. The summed E-state index contributed by atoms with van der Waals surface area (Å²) < 4.78 is 5.17. The number of furan rings is 1. The zero-order valence-electron chi connectivity index (χ0n) is 10.3. The van der Waals surface area contributed by atoms with Crippen LogP contribution in [0.15, 0.2) is 23.0 Å². The van der Waals surface area contributed by atoms with Gasteiger partial charge in [-0.2, -0.15) is 0 Å². The zero-order chi connectivity index (χ0) is 11.3. The van der Waals surface area contributed by atoms with Crippen molar-refractivity contribution in [1.82, 2.24) is 5.32 Å². The molecule has 1 saturated carbocycles. The van der Waals surface area contributed by atoms with E-state index in [0.717, 1.165) is 0 Å². The second-order valence-electron chi connectivity index (χ2n) is 5.74. The molecular weight excluding hydrogens is 186 g/mol. The zero-order valence-corrected chi connectivity index (χ0v) is 10.3. The second-order valence-corrected chi connectivity index (χ2v) is 5.74. The van der Waals surface area contributed by atoms with Gasteiger partial charge in [-0.15, -0.1) is 0 Å². The topological polar surface area (TPSA) is 25.2 Å². The standard InChI is InChI=1S/C13H21NO/c1-12(2)11(13(12,3)4)10(14-5)9-6-7-15-8-9/h6-8,10-11,14H,1-5H3. The molecule has 1 unspecified atom stereocenters. The SMILES string of the molecule is CNC(c1ccoc1)C1C(C)(C)C1(C)C. The summed E-state index contributed by atoms with van der Waals surface area (Å²) in [5, 5.41) is 3.42. The fourth-order valence-electron chi connectivity index (χ4n) is 3.06. The van der Waals surface area contributed by atoms with Gasteiger partial charge in [-0.25, -0.2) is 0 Å². The highest BCUT2D eigenvalue weighted by Gasteiger charge is 2.67. The van der Waals surface area contributed by atoms with E-state index in [2.05, 4.69) is 39.1 Å². The molecular formula is C13H21NO. The molecule has 1 aromatic heterocycles. The Morgan fingerprint density at radius 2 is 1.87 bits per heavy atom. The van der Waals surface area contributed by atoms with Gasteiger partial charge < -0.3 is 9.73 Å². The van der Waals surface area contributed by atoms with Crippen molar-refractivity contribution in [3.63, 3.8) is 0 Å². The molecule has 1 aromatic rings. The van der Waals surface area contributed by atoms with Crippen molar-refractivity contribution < 1.29 is 4.42 Å². The highest BCUT2D eigenvalue weighted by atomic mass is 16.3. The molecule has 0 radical (unpaired) electrons. The molecule has 1 aliphatic rings. The second kappa shape index (κ2) is 3.11. The lowest BCUT2D eigenvalue weighted by Gasteiger charge is -2.16. The minimum absolute atomic E-state index is 0.401. The lowest BCUT2D eigenvalue weighted by molar-refractivity contribution is 0.432. The van der Waals surface area contributed by atoms with Crippen LogP contribution >= 0.6 is 0 Å². The maximum atomic E-state index is 5.17. The van der Waals surface area contributed by atoms with Crippen LogP contribution in [0.1, 0.15) is 39.3 Å². The third-order valence-electron chi connectivity index (χ3n) is 4.68. The van der Waals surface area contributed by atoms with Crippen LogP contribution in [-0.2, 0) is 0 Å². The van der Waals surface area contributed by atoms with Crippen molar-refractivity contribution >= 4 is 0 Å². The van der Waals surface area contributed by atoms with Gasteiger partial charge in [0.05, 0.1) is 12.5 Å². The largest absolute Gasteiger partial charge is 0.472 e. The van der Waals surface area contributed by atoms with Gasteiger partial charge in [0.25, 0.3) is 0 Å². The lowest BCUT2D eigenvalue weighted by Crippen LogP contribution is -2.20. The third-order valence-corrected chi connectivity index (χ3v) is 4.68. The van der Waals surface area contributed by atoms with Crippen LogP contribution in [0.2, 0.25) is 0 Å². The van der Waals surface area contributed by atoms with Gasteiger partial charge in [0.2, 0.25) is 0 Å². The van der Waals surface area contributed by atoms with Gasteiger partial charge in [0.15, 0.2) is 0 Å². The first kappa shape index (κ1) is 10.7. The monoisotopic (exact) mass is 207 g/mol. The van der Waals surface area contributed by atoms with Crippen molar-refractivity contribution in [2.75, 3.05) is 7.05 Å². The first-order valence-electron chi connectivity index (χ1n) is 5.62. The molecule has 84 valence electrons. The third kappa shape index (κ3) is 1.35. The van der Waals surface area contributed by atoms with Crippen molar-refractivity contribution in [3.05, 3.63) is 24.2 Å². The Morgan fingerprint density at radius 3 is 2.20 bits per heavy atom. The molecule has 0 aromatic carbocycles. The molecule has 0 aliphatic heterocycles. The Kier molecular flexibility index (Phi) is 2.23. The van der Waals surface area contributed by atoms with Crippen LogP contribution in [0, 0.1) is 16.7 Å². The molecule has 2 rings (SSSR count).